The molecule has 0 bridgehead atoms. The minimum Gasteiger partial charge on any atom is -0.486 e. The highest BCUT2D eigenvalue weighted by Gasteiger charge is 2.33. The van der Waals surface area contributed by atoms with Gasteiger partial charge in [-0.2, -0.15) is 0 Å². The molecule has 206 valence electrons. The molecule has 0 spiro atoms. The maximum Gasteiger partial charge on any atom is 0.286 e. The van der Waals surface area contributed by atoms with Gasteiger partial charge < -0.3 is 19.4 Å². The molecule has 0 radical (unpaired) electrons. The highest BCUT2D eigenvalue weighted by Crippen LogP contribution is 2.38. The van der Waals surface area contributed by atoms with Crippen molar-refractivity contribution < 1.29 is 18.7 Å². The number of furan rings is 1. The molecule has 6 heteroatoms. The monoisotopic (exact) mass is 536 g/mol. The van der Waals surface area contributed by atoms with Gasteiger partial charge in [0.2, 0.25) is 0 Å². The second-order valence-corrected chi connectivity index (χ2v) is 10.8. The smallest absolute Gasteiger partial charge is 0.286 e. The normalized spacial score (nSPS) is 14.6. The fourth-order valence-electron chi connectivity index (χ4n) is 5.14. The third kappa shape index (κ3) is 6.28. The van der Waals surface area contributed by atoms with E-state index in [1.54, 1.807) is 12.1 Å². The number of amides is 2. The van der Waals surface area contributed by atoms with Crippen LogP contribution in [-0.2, 0) is 13.0 Å². The Hall–Kier alpha value is -4.32. The van der Waals surface area contributed by atoms with Gasteiger partial charge in [0, 0.05) is 18.7 Å². The van der Waals surface area contributed by atoms with Crippen molar-refractivity contribution in [2.75, 3.05) is 13.1 Å². The summed E-state index contributed by atoms with van der Waals surface area (Å²) in [6, 6.07) is 27.1. The number of hydrogen-bond donors (Lipinski definition) is 1. The van der Waals surface area contributed by atoms with Gasteiger partial charge in [0.15, 0.2) is 5.76 Å². The Bertz CT molecular complexity index is 1470. The van der Waals surface area contributed by atoms with E-state index in [0.717, 1.165) is 29.5 Å². The summed E-state index contributed by atoms with van der Waals surface area (Å²) >= 11 is 0. The van der Waals surface area contributed by atoms with E-state index in [0.29, 0.717) is 36.1 Å². The molecule has 0 saturated heterocycles. The van der Waals surface area contributed by atoms with E-state index < -0.39 is 0 Å². The molecule has 1 aromatic heterocycles. The molecule has 2 amide bonds. The minimum atomic E-state index is -0.232. The summed E-state index contributed by atoms with van der Waals surface area (Å²) < 4.78 is 11.9. The fourth-order valence-corrected chi connectivity index (χ4v) is 5.14. The van der Waals surface area contributed by atoms with Crippen molar-refractivity contribution in [2.24, 2.45) is 5.92 Å². The number of nitrogens with one attached hydrogen (secondary N) is 1. The molecule has 4 aromatic rings. The lowest BCUT2D eigenvalue weighted by molar-refractivity contribution is 0.0694. The maximum atomic E-state index is 13.7. The van der Waals surface area contributed by atoms with Crippen LogP contribution in [0.4, 0.5) is 0 Å². The van der Waals surface area contributed by atoms with E-state index in [9.17, 15) is 9.59 Å². The number of ether oxygens (including phenoxy) is 1. The third-order valence-corrected chi connectivity index (χ3v) is 7.26. The van der Waals surface area contributed by atoms with Gasteiger partial charge in [-0.3, -0.25) is 9.59 Å². The first-order valence-electron chi connectivity index (χ1n) is 13.9. The summed E-state index contributed by atoms with van der Waals surface area (Å²) in [6.45, 7) is 7.75. The number of benzene rings is 3. The Balaban J connectivity index is 1.36. The molecule has 0 saturated carbocycles. The highest BCUT2D eigenvalue weighted by molar-refractivity contribution is 5.95. The molecule has 5 rings (SSSR count). The predicted octanol–water partition coefficient (Wildman–Crippen LogP) is 6.73. The molecular weight excluding hydrogens is 500 g/mol. The summed E-state index contributed by atoms with van der Waals surface area (Å²) in [5, 5.41) is 2.90. The lowest BCUT2D eigenvalue weighted by atomic mass is 9.87. The second kappa shape index (κ2) is 12.2. The first-order valence-corrected chi connectivity index (χ1v) is 13.9. The summed E-state index contributed by atoms with van der Waals surface area (Å²) in [5.41, 5.74) is 5.16. The van der Waals surface area contributed by atoms with Crippen LogP contribution in [0.25, 0.3) is 0 Å². The number of nitrogens with zero attached hydrogens (tertiary/aromatic N) is 1. The number of carbonyl (C=O) groups is 2. The summed E-state index contributed by atoms with van der Waals surface area (Å²) in [7, 11) is 0. The van der Waals surface area contributed by atoms with Crippen molar-refractivity contribution in [3.05, 3.63) is 124 Å². The first kappa shape index (κ1) is 27.3. The van der Waals surface area contributed by atoms with Crippen LogP contribution in [-0.4, -0.2) is 29.8 Å². The third-order valence-electron chi connectivity index (χ3n) is 7.26. The van der Waals surface area contributed by atoms with Gasteiger partial charge in [0.1, 0.15) is 18.1 Å². The van der Waals surface area contributed by atoms with E-state index in [1.807, 2.05) is 53.4 Å². The molecule has 0 fully saturated rings. The van der Waals surface area contributed by atoms with E-state index in [-0.39, 0.29) is 30.2 Å². The molecule has 1 atom stereocenters. The molecule has 0 aliphatic carbocycles. The number of carbonyl (C=O) groups excluding carboxylic acids is 2. The van der Waals surface area contributed by atoms with Gasteiger partial charge in [0.05, 0.1) is 6.04 Å². The summed E-state index contributed by atoms with van der Waals surface area (Å²) in [4.78, 5) is 28.0. The number of aryl methyl sites for hydroxylation is 1. The van der Waals surface area contributed by atoms with E-state index in [4.69, 9.17) is 9.15 Å². The van der Waals surface area contributed by atoms with Crippen molar-refractivity contribution in [1.29, 1.82) is 0 Å². The SMILES string of the molecule is Cc1cccc([C@H]2c3cc(OCc4ccc(C(=O)NCCC(C)C)o4)ccc3CCN2C(=O)c2ccccc2)c1. The molecule has 1 aliphatic heterocycles. The van der Waals surface area contributed by atoms with E-state index in [2.05, 4.69) is 50.4 Å². The zero-order valence-corrected chi connectivity index (χ0v) is 23.4. The van der Waals surface area contributed by atoms with Gasteiger partial charge in [-0.15, -0.1) is 0 Å². The Morgan fingerprint density at radius 1 is 1.00 bits per heavy atom. The molecule has 3 aromatic carbocycles. The molecule has 1 N–H and O–H groups in total. The van der Waals surface area contributed by atoms with Crippen LogP contribution >= 0.6 is 0 Å². The Morgan fingerprint density at radius 3 is 2.60 bits per heavy atom. The van der Waals surface area contributed by atoms with Crippen LogP contribution in [0.1, 0.15) is 75.2 Å². The van der Waals surface area contributed by atoms with Crippen LogP contribution in [0.15, 0.2) is 89.3 Å². The van der Waals surface area contributed by atoms with Gasteiger partial charge in [-0.1, -0.05) is 67.9 Å². The van der Waals surface area contributed by atoms with Crippen LogP contribution in [0.2, 0.25) is 0 Å². The van der Waals surface area contributed by atoms with Crippen molar-refractivity contribution in [3.8, 4) is 5.75 Å². The number of fused-ring (bicyclic) bond motifs is 1. The van der Waals surface area contributed by atoms with Crippen LogP contribution in [0.5, 0.6) is 5.75 Å². The number of rotatable bonds is 9. The van der Waals surface area contributed by atoms with Gasteiger partial charge >= 0.3 is 0 Å². The molecule has 1 aliphatic rings. The molecule has 40 heavy (non-hydrogen) atoms. The maximum absolute atomic E-state index is 13.7. The number of hydrogen-bond acceptors (Lipinski definition) is 4. The van der Waals surface area contributed by atoms with Gasteiger partial charge in [0.25, 0.3) is 11.8 Å². The summed E-state index contributed by atoms with van der Waals surface area (Å²) in [6.07, 6.45) is 1.68. The van der Waals surface area contributed by atoms with E-state index in [1.165, 1.54) is 5.56 Å². The zero-order valence-electron chi connectivity index (χ0n) is 23.4. The van der Waals surface area contributed by atoms with Gasteiger partial charge in [-0.25, -0.2) is 0 Å². The van der Waals surface area contributed by atoms with Crippen molar-refractivity contribution >= 4 is 11.8 Å². The summed E-state index contributed by atoms with van der Waals surface area (Å²) in [5.74, 6) is 1.85. The average molecular weight is 537 g/mol. The standard InChI is InChI=1S/C34H36N2O4/c1-23(2)16-18-35-33(37)31-15-14-29(40-31)22-39-28-13-12-25-17-19-36(34(38)26-9-5-4-6-10-26)32(30(25)21-28)27-11-7-8-24(3)20-27/h4-15,20-21,23,32H,16-19,22H2,1-3H3,(H,35,37)/t32-/m0/s1. The first-order chi connectivity index (χ1) is 19.4. The lowest BCUT2D eigenvalue weighted by Crippen LogP contribution is -2.40. The topological polar surface area (TPSA) is 71.8 Å². The Kier molecular flexibility index (Phi) is 8.34. The lowest BCUT2D eigenvalue weighted by Gasteiger charge is -2.38. The average Bonchev–Trinajstić information content (AvgIpc) is 3.44. The van der Waals surface area contributed by atoms with Crippen LogP contribution in [0, 0.1) is 12.8 Å². The van der Waals surface area contributed by atoms with Crippen molar-refractivity contribution in [2.45, 2.75) is 46.3 Å². The fraction of sp³-hybridized carbons (Fsp3) is 0.294. The Morgan fingerprint density at radius 2 is 1.82 bits per heavy atom. The van der Waals surface area contributed by atoms with E-state index >= 15 is 0 Å². The quantitative estimate of drug-likeness (QED) is 0.257. The largest absolute Gasteiger partial charge is 0.486 e. The molecule has 6 nitrogen and oxygen atoms in total. The second-order valence-electron chi connectivity index (χ2n) is 10.8. The zero-order chi connectivity index (χ0) is 28.1. The van der Waals surface area contributed by atoms with Crippen LogP contribution in [0.3, 0.4) is 0 Å². The molecular formula is C34H36N2O4. The predicted molar refractivity (Wildman–Crippen MR) is 155 cm³/mol. The van der Waals surface area contributed by atoms with Crippen molar-refractivity contribution in [1.82, 2.24) is 10.2 Å². The van der Waals surface area contributed by atoms with Crippen molar-refractivity contribution in [3.63, 3.8) is 0 Å². The van der Waals surface area contributed by atoms with Gasteiger partial charge in [-0.05, 0) is 78.8 Å². The van der Waals surface area contributed by atoms with Crippen LogP contribution < -0.4 is 10.1 Å². The molecule has 2 heterocycles. The highest BCUT2D eigenvalue weighted by atomic mass is 16.5. The Labute approximate surface area is 236 Å². The molecule has 0 unspecified atom stereocenters. The minimum absolute atomic E-state index is 0.0128.